The zero-order valence-corrected chi connectivity index (χ0v) is 12.4. The molecular weight excluding hydrogens is 272 g/mol. The fourth-order valence-electron chi connectivity index (χ4n) is 3.26. The van der Waals surface area contributed by atoms with Gasteiger partial charge in [0.2, 0.25) is 0 Å². The smallest absolute Gasteiger partial charge is 0.272 e. The molecule has 1 aliphatic rings. The number of hydrogen-bond acceptors (Lipinski definition) is 1. The van der Waals surface area contributed by atoms with Crippen molar-refractivity contribution in [1.29, 1.82) is 0 Å². The van der Waals surface area contributed by atoms with Crippen molar-refractivity contribution >= 4 is 22.4 Å². The summed E-state index contributed by atoms with van der Waals surface area (Å²) in [6.07, 6.45) is -0.176. The van der Waals surface area contributed by atoms with Crippen LogP contribution in [0.25, 0.3) is 16.5 Å². The van der Waals surface area contributed by atoms with Crippen molar-refractivity contribution < 1.29 is 4.79 Å². The lowest BCUT2D eigenvalue weighted by atomic mass is 10.0. The molecule has 0 N–H and O–H groups in total. The van der Waals surface area contributed by atoms with Crippen LogP contribution in [0.3, 0.4) is 0 Å². The van der Waals surface area contributed by atoms with Crippen LogP contribution < -0.4 is 0 Å². The van der Waals surface area contributed by atoms with Crippen molar-refractivity contribution in [3.8, 4) is 0 Å². The summed E-state index contributed by atoms with van der Waals surface area (Å²) in [5.74, 6) is 0.0401. The molecule has 3 heteroatoms. The Morgan fingerprint density at radius 1 is 1.05 bits per heavy atom. The molecule has 0 saturated heterocycles. The van der Waals surface area contributed by atoms with E-state index in [9.17, 15) is 4.79 Å². The normalized spacial score (nSPS) is 17.0. The maximum Gasteiger partial charge on any atom is 0.272 e. The number of rotatable bonds is 2. The quantitative estimate of drug-likeness (QED) is 0.701. The Labute approximate surface area is 129 Å². The lowest BCUT2D eigenvalue weighted by Gasteiger charge is -2.25. The molecule has 0 aliphatic carbocycles. The van der Waals surface area contributed by atoms with E-state index < -0.39 is 0 Å². The van der Waals surface area contributed by atoms with Crippen LogP contribution in [-0.2, 0) is 0 Å². The summed E-state index contributed by atoms with van der Waals surface area (Å²) in [6, 6.07) is 20.1. The van der Waals surface area contributed by atoms with Crippen molar-refractivity contribution in [3.05, 3.63) is 78.5 Å². The number of carbonyl (C=O) groups is 1. The first-order chi connectivity index (χ1) is 10.7. The molecule has 3 aromatic rings. The van der Waals surface area contributed by atoms with Crippen LogP contribution in [0.2, 0.25) is 0 Å². The highest BCUT2D eigenvalue weighted by molar-refractivity contribution is 6.02. The Kier molecular flexibility index (Phi) is 2.70. The molecule has 0 bridgehead atoms. The van der Waals surface area contributed by atoms with Crippen molar-refractivity contribution in [2.75, 3.05) is 7.05 Å². The number of nitrogens with zero attached hydrogens (tertiary/aromatic N) is 2. The molecular formula is C19H16N2O. The average molecular weight is 288 g/mol. The predicted octanol–water partition coefficient (Wildman–Crippen LogP) is 3.94. The first-order valence-electron chi connectivity index (χ1n) is 7.30. The largest absolute Gasteiger partial charge is 0.316 e. The summed E-state index contributed by atoms with van der Waals surface area (Å²) in [5.41, 5.74) is 3.78. The Balaban J connectivity index is 1.92. The Hall–Kier alpha value is -2.81. The van der Waals surface area contributed by atoms with Crippen LogP contribution in [0.1, 0.15) is 22.2 Å². The summed E-state index contributed by atoms with van der Waals surface area (Å²) < 4.78 is 2.09. The molecule has 4 rings (SSSR count). The number of aromatic nitrogens is 1. The molecule has 0 fully saturated rings. The third-order valence-electron chi connectivity index (χ3n) is 4.36. The van der Waals surface area contributed by atoms with E-state index in [-0.39, 0.29) is 12.1 Å². The van der Waals surface area contributed by atoms with Crippen molar-refractivity contribution in [2.45, 2.75) is 6.17 Å². The third-order valence-corrected chi connectivity index (χ3v) is 4.36. The highest BCUT2D eigenvalue weighted by atomic mass is 16.2. The summed E-state index contributed by atoms with van der Waals surface area (Å²) >= 11 is 0. The second-order valence-electron chi connectivity index (χ2n) is 5.64. The lowest BCUT2D eigenvalue weighted by Crippen LogP contribution is -2.25. The van der Waals surface area contributed by atoms with Crippen LogP contribution in [0.15, 0.2) is 67.2 Å². The molecule has 1 aliphatic heterocycles. The number of benzene rings is 2. The molecule has 1 amide bonds. The van der Waals surface area contributed by atoms with Gasteiger partial charge in [-0.05, 0) is 23.3 Å². The maximum atomic E-state index is 12.6. The summed E-state index contributed by atoms with van der Waals surface area (Å²) in [6.45, 7) is 4.26. The fraction of sp³-hybridized carbons (Fsp3) is 0.105. The minimum Gasteiger partial charge on any atom is -0.316 e. The van der Waals surface area contributed by atoms with Crippen LogP contribution in [0.5, 0.6) is 0 Å². The summed E-state index contributed by atoms with van der Waals surface area (Å²) in [4.78, 5) is 14.3. The van der Waals surface area contributed by atoms with E-state index in [0.717, 1.165) is 27.7 Å². The van der Waals surface area contributed by atoms with Gasteiger partial charge in [0.25, 0.3) is 5.91 Å². The van der Waals surface area contributed by atoms with Gasteiger partial charge in [0.15, 0.2) is 0 Å². The zero-order chi connectivity index (χ0) is 15.3. The average Bonchev–Trinajstić information content (AvgIpc) is 3.04. The second kappa shape index (κ2) is 4.60. The van der Waals surface area contributed by atoms with Crippen LogP contribution >= 0.6 is 0 Å². The van der Waals surface area contributed by atoms with E-state index in [0.29, 0.717) is 0 Å². The van der Waals surface area contributed by atoms with E-state index in [1.807, 2.05) is 61.6 Å². The number of likely N-dealkylation sites (N-methyl/N-ethyl adjacent to an activating group) is 1. The predicted molar refractivity (Wildman–Crippen MR) is 88.5 cm³/mol. The van der Waals surface area contributed by atoms with E-state index in [1.165, 1.54) is 0 Å². The Bertz CT molecular complexity index is 892. The van der Waals surface area contributed by atoms with E-state index in [4.69, 9.17) is 0 Å². The zero-order valence-electron chi connectivity index (χ0n) is 12.4. The Morgan fingerprint density at radius 3 is 2.50 bits per heavy atom. The van der Waals surface area contributed by atoms with Gasteiger partial charge in [0, 0.05) is 12.4 Å². The van der Waals surface area contributed by atoms with Gasteiger partial charge in [-0.3, -0.25) is 4.79 Å². The molecule has 108 valence electrons. The monoisotopic (exact) mass is 288 g/mol. The number of para-hydroxylation sites is 1. The number of carbonyl (C=O) groups excluding carboxylic acids is 1. The Morgan fingerprint density at radius 2 is 1.73 bits per heavy atom. The van der Waals surface area contributed by atoms with E-state index >= 15 is 0 Å². The molecule has 0 radical (unpaired) electrons. The fourth-order valence-corrected chi connectivity index (χ4v) is 3.26. The molecule has 1 aromatic heterocycles. The van der Waals surface area contributed by atoms with Gasteiger partial charge in [-0.2, -0.15) is 0 Å². The van der Waals surface area contributed by atoms with Gasteiger partial charge in [-0.25, -0.2) is 0 Å². The van der Waals surface area contributed by atoms with Gasteiger partial charge >= 0.3 is 0 Å². The minimum absolute atomic E-state index is 0.0401. The minimum atomic E-state index is -0.176. The first kappa shape index (κ1) is 12.9. The highest BCUT2D eigenvalue weighted by Crippen LogP contribution is 2.39. The van der Waals surface area contributed by atoms with Crippen LogP contribution in [0.4, 0.5) is 0 Å². The molecule has 0 spiro atoms. The van der Waals surface area contributed by atoms with Gasteiger partial charge in [0.1, 0.15) is 11.9 Å². The molecule has 0 saturated carbocycles. The summed E-state index contributed by atoms with van der Waals surface area (Å²) in [5, 5.41) is 1.09. The SMILES string of the molecule is C=C(c1ccccc1)C1N(C)C(=O)c2cc3ccccc3n21. The molecule has 3 nitrogen and oxygen atoms in total. The molecule has 2 heterocycles. The third kappa shape index (κ3) is 1.65. The van der Waals surface area contributed by atoms with Crippen LogP contribution in [-0.4, -0.2) is 22.4 Å². The molecule has 2 aromatic carbocycles. The molecule has 1 atom stereocenters. The number of hydrogen-bond donors (Lipinski definition) is 0. The van der Waals surface area contributed by atoms with Gasteiger partial charge in [-0.1, -0.05) is 55.1 Å². The van der Waals surface area contributed by atoms with Gasteiger partial charge in [-0.15, -0.1) is 0 Å². The molecule has 22 heavy (non-hydrogen) atoms. The van der Waals surface area contributed by atoms with E-state index in [1.54, 1.807) is 4.90 Å². The number of amides is 1. The van der Waals surface area contributed by atoms with Crippen LogP contribution in [0, 0.1) is 0 Å². The number of fused-ring (bicyclic) bond motifs is 3. The van der Waals surface area contributed by atoms with Crippen molar-refractivity contribution in [2.24, 2.45) is 0 Å². The van der Waals surface area contributed by atoms with Crippen molar-refractivity contribution in [1.82, 2.24) is 9.47 Å². The maximum absolute atomic E-state index is 12.6. The standard InChI is InChI=1S/C19H16N2O/c1-13(14-8-4-3-5-9-14)18-20(2)19(22)17-12-15-10-6-7-11-16(15)21(17)18/h3-12,18H,1H2,2H3. The summed E-state index contributed by atoms with van der Waals surface area (Å²) in [7, 11) is 1.84. The van der Waals surface area contributed by atoms with E-state index in [2.05, 4.69) is 17.2 Å². The highest BCUT2D eigenvalue weighted by Gasteiger charge is 2.37. The lowest BCUT2D eigenvalue weighted by molar-refractivity contribution is 0.0792. The first-order valence-corrected chi connectivity index (χ1v) is 7.30. The van der Waals surface area contributed by atoms with Gasteiger partial charge in [0.05, 0.1) is 5.52 Å². The molecule has 1 unspecified atom stereocenters. The van der Waals surface area contributed by atoms with Gasteiger partial charge < -0.3 is 9.47 Å². The topological polar surface area (TPSA) is 25.2 Å². The second-order valence-corrected chi connectivity index (χ2v) is 5.64. The van der Waals surface area contributed by atoms with Crippen molar-refractivity contribution in [3.63, 3.8) is 0 Å².